The van der Waals surface area contributed by atoms with E-state index in [1.807, 2.05) is 0 Å². The van der Waals surface area contributed by atoms with Crippen LogP contribution < -0.4 is 5.73 Å². The summed E-state index contributed by atoms with van der Waals surface area (Å²) in [5.74, 6) is -0.271. The minimum atomic E-state index is -0.453. The van der Waals surface area contributed by atoms with E-state index in [0.717, 1.165) is 10.6 Å². The Kier molecular flexibility index (Phi) is 3.28. The molecular formula is C11H11FN2OS. The monoisotopic (exact) mass is 238 g/mol. The maximum absolute atomic E-state index is 12.7. The standard InChI is InChI=1S/C11H11FN2OS/c12-8-3-1-7(2-4-8)11-14-10(6-16-11)9(13)5-15/h1-4,6,9,15H,5,13H2. The fourth-order valence-electron chi connectivity index (χ4n) is 1.28. The summed E-state index contributed by atoms with van der Waals surface area (Å²) in [5, 5.41) is 11.5. The zero-order chi connectivity index (χ0) is 11.5. The summed E-state index contributed by atoms with van der Waals surface area (Å²) >= 11 is 1.43. The van der Waals surface area contributed by atoms with Gasteiger partial charge in [0.1, 0.15) is 10.8 Å². The minimum absolute atomic E-state index is 0.132. The van der Waals surface area contributed by atoms with Crippen molar-refractivity contribution in [1.82, 2.24) is 4.98 Å². The van der Waals surface area contributed by atoms with Gasteiger partial charge in [0.25, 0.3) is 0 Å². The van der Waals surface area contributed by atoms with Crippen LogP contribution in [0.1, 0.15) is 11.7 Å². The molecule has 1 aromatic heterocycles. The summed E-state index contributed by atoms with van der Waals surface area (Å²) in [4.78, 5) is 4.29. The highest BCUT2D eigenvalue weighted by atomic mass is 32.1. The molecule has 0 fully saturated rings. The van der Waals surface area contributed by atoms with E-state index in [0.29, 0.717) is 5.69 Å². The Morgan fingerprint density at radius 1 is 1.38 bits per heavy atom. The number of hydrogen-bond acceptors (Lipinski definition) is 4. The lowest BCUT2D eigenvalue weighted by Crippen LogP contribution is -2.14. The number of rotatable bonds is 3. The Bertz CT molecular complexity index is 469. The van der Waals surface area contributed by atoms with E-state index >= 15 is 0 Å². The molecule has 1 atom stereocenters. The van der Waals surface area contributed by atoms with Crippen LogP contribution in [0.2, 0.25) is 0 Å². The van der Waals surface area contributed by atoms with Crippen molar-refractivity contribution in [3.8, 4) is 10.6 Å². The van der Waals surface area contributed by atoms with Gasteiger partial charge in [-0.25, -0.2) is 9.37 Å². The number of aliphatic hydroxyl groups is 1. The van der Waals surface area contributed by atoms with Crippen LogP contribution in [0, 0.1) is 5.82 Å². The summed E-state index contributed by atoms with van der Waals surface area (Å²) in [6.45, 7) is -0.132. The van der Waals surface area contributed by atoms with Crippen LogP contribution in [-0.4, -0.2) is 16.7 Å². The lowest BCUT2D eigenvalue weighted by Gasteiger charge is -2.02. The average molecular weight is 238 g/mol. The molecule has 1 aromatic carbocycles. The van der Waals surface area contributed by atoms with Gasteiger partial charge in [0.15, 0.2) is 0 Å². The molecule has 0 aliphatic heterocycles. The number of halogens is 1. The van der Waals surface area contributed by atoms with Gasteiger partial charge in [0.05, 0.1) is 18.3 Å². The second kappa shape index (κ2) is 4.69. The Labute approximate surface area is 96.4 Å². The minimum Gasteiger partial charge on any atom is -0.394 e. The molecule has 0 saturated heterocycles. The van der Waals surface area contributed by atoms with E-state index < -0.39 is 6.04 Å². The number of nitrogens with two attached hydrogens (primary N) is 1. The third-order valence-corrected chi connectivity index (χ3v) is 3.10. The summed E-state index contributed by atoms with van der Waals surface area (Å²) in [6, 6.07) is 5.67. The highest BCUT2D eigenvalue weighted by Crippen LogP contribution is 2.25. The average Bonchev–Trinajstić information content (AvgIpc) is 2.78. The zero-order valence-electron chi connectivity index (χ0n) is 8.43. The van der Waals surface area contributed by atoms with Crippen LogP contribution in [0.5, 0.6) is 0 Å². The molecule has 0 aliphatic carbocycles. The SMILES string of the molecule is NC(CO)c1csc(-c2ccc(F)cc2)n1. The molecule has 3 nitrogen and oxygen atoms in total. The first-order chi connectivity index (χ1) is 7.70. The van der Waals surface area contributed by atoms with Crippen molar-refractivity contribution in [2.75, 3.05) is 6.61 Å². The topological polar surface area (TPSA) is 59.1 Å². The van der Waals surface area contributed by atoms with E-state index in [2.05, 4.69) is 4.98 Å². The first-order valence-electron chi connectivity index (χ1n) is 4.78. The Balaban J connectivity index is 2.28. The number of aromatic nitrogens is 1. The molecule has 84 valence electrons. The van der Waals surface area contributed by atoms with Crippen LogP contribution in [0.3, 0.4) is 0 Å². The zero-order valence-corrected chi connectivity index (χ0v) is 9.25. The van der Waals surface area contributed by atoms with Crippen molar-refractivity contribution in [2.24, 2.45) is 5.73 Å². The van der Waals surface area contributed by atoms with Gasteiger partial charge in [0.2, 0.25) is 0 Å². The maximum atomic E-state index is 12.7. The summed E-state index contributed by atoms with van der Waals surface area (Å²) in [5.41, 5.74) is 7.15. The smallest absolute Gasteiger partial charge is 0.123 e. The third kappa shape index (κ3) is 2.27. The van der Waals surface area contributed by atoms with Crippen molar-refractivity contribution in [2.45, 2.75) is 6.04 Å². The summed E-state index contributed by atoms with van der Waals surface area (Å²) in [6.07, 6.45) is 0. The molecule has 0 bridgehead atoms. The van der Waals surface area contributed by atoms with Crippen LogP contribution in [-0.2, 0) is 0 Å². The number of aliphatic hydroxyl groups excluding tert-OH is 1. The fourth-order valence-corrected chi connectivity index (χ4v) is 2.17. The molecule has 2 aromatic rings. The van der Waals surface area contributed by atoms with E-state index in [9.17, 15) is 4.39 Å². The fraction of sp³-hybridized carbons (Fsp3) is 0.182. The van der Waals surface area contributed by atoms with Gasteiger partial charge in [-0.15, -0.1) is 11.3 Å². The second-order valence-electron chi connectivity index (χ2n) is 3.37. The molecule has 2 rings (SSSR count). The Morgan fingerprint density at radius 3 is 2.69 bits per heavy atom. The highest BCUT2D eigenvalue weighted by Gasteiger charge is 2.10. The molecule has 3 N–H and O–H groups in total. The predicted molar refractivity (Wildman–Crippen MR) is 61.5 cm³/mol. The molecule has 16 heavy (non-hydrogen) atoms. The van der Waals surface area contributed by atoms with Crippen LogP contribution in [0.4, 0.5) is 4.39 Å². The number of benzene rings is 1. The van der Waals surface area contributed by atoms with E-state index in [-0.39, 0.29) is 12.4 Å². The molecule has 5 heteroatoms. The van der Waals surface area contributed by atoms with Gasteiger partial charge < -0.3 is 10.8 Å². The second-order valence-corrected chi connectivity index (χ2v) is 4.23. The summed E-state index contributed by atoms with van der Waals surface area (Å²) < 4.78 is 12.7. The first kappa shape index (κ1) is 11.2. The Hall–Kier alpha value is -1.30. The predicted octanol–water partition coefficient (Wildman–Crippen LogP) is 1.94. The van der Waals surface area contributed by atoms with Gasteiger partial charge in [-0.2, -0.15) is 0 Å². The van der Waals surface area contributed by atoms with Crippen LogP contribution in [0.25, 0.3) is 10.6 Å². The van der Waals surface area contributed by atoms with Gasteiger partial charge in [-0.3, -0.25) is 0 Å². The quantitative estimate of drug-likeness (QED) is 0.859. The van der Waals surface area contributed by atoms with Gasteiger partial charge in [-0.05, 0) is 24.3 Å². The number of hydrogen-bond donors (Lipinski definition) is 2. The normalized spacial score (nSPS) is 12.7. The molecule has 0 saturated carbocycles. The van der Waals surface area contributed by atoms with Gasteiger partial charge in [0, 0.05) is 10.9 Å². The lowest BCUT2D eigenvalue weighted by molar-refractivity contribution is 0.266. The van der Waals surface area contributed by atoms with Crippen LogP contribution in [0.15, 0.2) is 29.6 Å². The first-order valence-corrected chi connectivity index (χ1v) is 5.66. The molecule has 0 radical (unpaired) electrons. The van der Waals surface area contributed by atoms with Crippen molar-refractivity contribution in [3.05, 3.63) is 41.2 Å². The van der Waals surface area contributed by atoms with Crippen molar-refractivity contribution in [1.29, 1.82) is 0 Å². The maximum Gasteiger partial charge on any atom is 0.123 e. The lowest BCUT2D eigenvalue weighted by atomic mass is 10.2. The number of nitrogens with zero attached hydrogens (tertiary/aromatic N) is 1. The van der Waals surface area contributed by atoms with E-state index in [1.165, 1.54) is 23.5 Å². The van der Waals surface area contributed by atoms with E-state index in [1.54, 1.807) is 17.5 Å². The molecule has 0 spiro atoms. The number of thiazole rings is 1. The highest BCUT2D eigenvalue weighted by molar-refractivity contribution is 7.13. The molecular weight excluding hydrogens is 227 g/mol. The van der Waals surface area contributed by atoms with Crippen LogP contribution >= 0.6 is 11.3 Å². The molecule has 1 heterocycles. The Morgan fingerprint density at radius 2 is 2.06 bits per heavy atom. The largest absolute Gasteiger partial charge is 0.394 e. The summed E-state index contributed by atoms with van der Waals surface area (Å²) in [7, 11) is 0. The van der Waals surface area contributed by atoms with Crippen molar-refractivity contribution in [3.63, 3.8) is 0 Å². The van der Waals surface area contributed by atoms with Gasteiger partial charge >= 0.3 is 0 Å². The molecule has 1 unspecified atom stereocenters. The van der Waals surface area contributed by atoms with Crippen molar-refractivity contribution >= 4 is 11.3 Å². The third-order valence-electron chi connectivity index (χ3n) is 2.19. The van der Waals surface area contributed by atoms with Gasteiger partial charge in [-0.1, -0.05) is 0 Å². The van der Waals surface area contributed by atoms with E-state index in [4.69, 9.17) is 10.8 Å². The molecule has 0 aliphatic rings. The molecule has 0 amide bonds. The van der Waals surface area contributed by atoms with Crippen molar-refractivity contribution < 1.29 is 9.50 Å².